The molecule has 0 spiro atoms. The van der Waals surface area contributed by atoms with Gasteiger partial charge in [0.2, 0.25) is 0 Å². The molecule has 149 valence electrons. The first-order chi connectivity index (χ1) is 14.3. The molecule has 2 unspecified atom stereocenters. The van der Waals surface area contributed by atoms with Crippen LogP contribution in [-0.2, 0) is 24.7 Å². The topological polar surface area (TPSA) is 13.1 Å². The van der Waals surface area contributed by atoms with Crippen molar-refractivity contribution in [3.8, 4) is 11.1 Å². The second kappa shape index (κ2) is 7.18. The Morgan fingerprint density at radius 3 is 2.30 bits per heavy atom. The van der Waals surface area contributed by atoms with Crippen molar-refractivity contribution in [3.05, 3.63) is 94.0 Å². The molecular formula is C27H27OSiZr. The first-order valence-corrected chi connectivity index (χ1v) is 15.2. The van der Waals surface area contributed by atoms with Gasteiger partial charge in [-0.15, -0.1) is 0 Å². The Balaban J connectivity index is 0.000000133. The van der Waals surface area contributed by atoms with E-state index in [4.69, 9.17) is 4.42 Å². The molecule has 0 N–H and O–H groups in total. The summed E-state index contributed by atoms with van der Waals surface area (Å²) in [5.41, 5.74) is 11.0. The van der Waals surface area contributed by atoms with Gasteiger partial charge in [-0.3, -0.25) is 0 Å². The van der Waals surface area contributed by atoms with Gasteiger partial charge in [-0.05, 0) is 25.1 Å². The molecule has 0 saturated carbocycles. The van der Waals surface area contributed by atoms with E-state index in [1.807, 2.05) is 6.92 Å². The number of hydrogen-bond acceptors (Lipinski definition) is 1. The molecule has 2 aliphatic carbocycles. The van der Waals surface area contributed by atoms with E-state index in [-0.39, 0.29) is 0 Å². The summed E-state index contributed by atoms with van der Waals surface area (Å²) in [4.78, 5) is 0. The Morgan fingerprint density at radius 1 is 0.900 bits per heavy atom. The van der Waals surface area contributed by atoms with E-state index >= 15 is 0 Å². The van der Waals surface area contributed by atoms with E-state index in [1.54, 1.807) is 35.5 Å². The molecule has 1 aromatic heterocycles. The molecule has 4 aliphatic rings. The average molecular weight is 487 g/mol. The van der Waals surface area contributed by atoms with Crippen molar-refractivity contribution >= 4 is 19.3 Å². The molecule has 0 fully saturated rings. The van der Waals surface area contributed by atoms with Crippen LogP contribution in [0.25, 0.3) is 22.4 Å². The molecule has 1 nitrogen and oxygen atoms in total. The molecule has 2 atom stereocenters. The van der Waals surface area contributed by atoms with Crippen LogP contribution < -0.4 is 0 Å². The first-order valence-electron chi connectivity index (χ1n) is 10.7. The maximum atomic E-state index is 5.76. The van der Waals surface area contributed by atoms with Gasteiger partial charge in [-0.1, -0.05) is 18.7 Å². The molecule has 3 heteroatoms. The number of allylic oxidation sites excluding steroid dienone is 2. The van der Waals surface area contributed by atoms with Gasteiger partial charge in [0.25, 0.3) is 0 Å². The second-order valence-corrected chi connectivity index (χ2v) is 15.3. The summed E-state index contributed by atoms with van der Waals surface area (Å²) in [6.45, 7) is 11.5. The number of aryl methyl sites for hydroxylation is 1. The van der Waals surface area contributed by atoms with Gasteiger partial charge in [0.1, 0.15) is 11.5 Å². The van der Waals surface area contributed by atoms with E-state index in [0.29, 0.717) is 3.63 Å². The zero-order chi connectivity index (χ0) is 21.2. The summed E-state index contributed by atoms with van der Waals surface area (Å²) in [5, 5.41) is 1.60. The molecule has 0 radical (unpaired) electrons. The van der Waals surface area contributed by atoms with Crippen molar-refractivity contribution < 1.29 is 29.1 Å². The van der Waals surface area contributed by atoms with Crippen LogP contribution in [0.1, 0.15) is 51.2 Å². The third-order valence-corrected chi connectivity index (χ3v) is 13.0. The Morgan fingerprint density at radius 2 is 1.63 bits per heavy atom. The van der Waals surface area contributed by atoms with Crippen molar-refractivity contribution in [3.63, 3.8) is 0 Å². The van der Waals surface area contributed by atoms with Crippen LogP contribution in [0, 0.1) is 6.92 Å². The van der Waals surface area contributed by atoms with Crippen molar-refractivity contribution in [1.29, 1.82) is 0 Å². The molecule has 3 aromatic rings. The van der Waals surface area contributed by atoms with Crippen LogP contribution in [0.2, 0.25) is 13.1 Å². The second-order valence-electron chi connectivity index (χ2n) is 9.35. The molecule has 0 saturated heterocycles. The third kappa shape index (κ3) is 2.89. The fourth-order valence-electron chi connectivity index (χ4n) is 5.72. The fraction of sp³-hybridized carbons (Fsp3) is 0.259. The average Bonchev–Trinajstić information content (AvgIpc) is 3.36. The third-order valence-electron chi connectivity index (χ3n) is 6.98. The normalized spacial score (nSPS) is 21.9. The molecule has 2 bridgehead atoms. The van der Waals surface area contributed by atoms with Crippen molar-refractivity contribution in [1.82, 2.24) is 0 Å². The summed E-state index contributed by atoms with van der Waals surface area (Å²) in [6.07, 6.45) is 2.36. The van der Waals surface area contributed by atoms with E-state index in [0.717, 1.165) is 11.3 Å². The zero-order valence-electron chi connectivity index (χ0n) is 18.3. The Kier molecular flexibility index (Phi) is 4.84. The van der Waals surface area contributed by atoms with Crippen molar-refractivity contribution in [2.75, 3.05) is 0 Å². The predicted molar refractivity (Wildman–Crippen MR) is 125 cm³/mol. The van der Waals surface area contributed by atoms with Crippen molar-refractivity contribution in [2.45, 2.75) is 43.0 Å². The van der Waals surface area contributed by atoms with Gasteiger partial charge < -0.3 is 4.42 Å². The van der Waals surface area contributed by atoms with E-state index < -0.39 is 8.07 Å². The Hall–Kier alpha value is -1.70. The SMILES string of the molecule is CC1=C2c3oc(C)cc3C1[Si]2(C)C.CC1=Cc2c(-c3ccccc3)cccc2[CH]1[Zr]. The number of furan rings is 1. The minimum atomic E-state index is -1.10. The van der Waals surface area contributed by atoms with Gasteiger partial charge >= 0.3 is 118 Å². The number of rotatable bonds is 1. The first kappa shape index (κ1) is 20.2. The van der Waals surface area contributed by atoms with Crippen LogP contribution in [0.3, 0.4) is 0 Å². The summed E-state index contributed by atoms with van der Waals surface area (Å²) in [6, 6.07) is 19.6. The zero-order valence-corrected chi connectivity index (χ0v) is 21.8. The van der Waals surface area contributed by atoms with Gasteiger partial charge in [0, 0.05) is 11.1 Å². The van der Waals surface area contributed by atoms with Gasteiger partial charge in [0.05, 0.1) is 8.07 Å². The quantitative estimate of drug-likeness (QED) is 0.322. The summed E-state index contributed by atoms with van der Waals surface area (Å²) < 4.78 is 6.42. The molecule has 2 aromatic carbocycles. The maximum absolute atomic E-state index is 5.76. The molecule has 30 heavy (non-hydrogen) atoms. The number of fused-ring (bicyclic) bond motifs is 1. The van der Waals surface area contributed by atoms with E-state index in [1.165, 1.54) is 39.2 Å². The minimum absolute atomic E-state index is 0.654. The fourth-order valence-corrected chi connectivity index (χ4v) is 10.8. The van der Waals surface area contributed by atoms with Crippen LogP contribution in [0.4, 0.5) is 0 Å². The van der Waals surface area contributed by atoms with Crippen LogP contribution in [0.15, 0.2) is 70.2 Å². The molecule has 0 amide bonds. The Bertz CT molecular complexity index is 1210. The molecule has 7 rings (SSSR count). The number of hydrogen-bond donors (Lipinski definition) is 0. The van der Waals surface area contributed by atoms with Crippen LogP contribution in [0.5, 0.6) is 0 Å². The van der Waals surface area contributed by atoms with Crippen LogP contribution >= 0.6 is 0 Å². The van der Waals surface area contributed by atoms with E-state index in [9.17, 15) is 0 Å². The number of benzene rings is 2. The molecule has 2 aliphatic heterocycles. The predicted octanol–water partition coefficient (Wildman–Crippen LogP) is 7.62. The van der Waals surface area contributed by atoms with E-state index in [2.05, 4.69) is 87.6 Å². The van der Waals surface area contributed by atoms with Gasteiger partial charge in [-0.25, -0.2) is 0 Å². The molecule has 3 heterocycles. The van der Waals surface area contributed by atoms with Crippen LogP contribution in [-0.4, -0.2) is 8.07 Å². The van der Waals surface area contributed by atoms with Gasteiger partial charge in [-0.2, -0.15) is 0 Å². The summed E-state index contributed by atoms with van der Waals surface area (Å²) >= 11 is 1.58. The molecular weight excluding hydrogens is 460 g/mol. The van der Waals surface area contributed by atoms with Crippen molar-refractivity contribution in [2.24, 2.45) is 0 Å². The Labute approximate surface area is 195 Å². The standard InChI is InChI=1S/C16H13.C11H14OSi.Zr/c1-12-10-14-8-5-9-15(16(14)11-12)13-6-3-2-4-7-13;1-6-5-8-9(12-6)11-7(2)10(8)13(11,3)4;/h2-11H,1H3;5,10H,1-4H3;. The summed E-state index contributed by atoms with van der Waals surface area (Å²) in [5.74, 6) is 2.31. The monoisotopic (exact) mass is 485 g/mol. The summed E-state index contributed by atoms with van der Waals surface area (Å²) in [7, 11) is -1.10. The van der Waals surface area contributed by atoms with Gasteiger partial charge in [0.15, 0.2) is 0 Å².